The molecule has 324 valence electrons. The van der Waals surface area contributed by atoms with Gasteiger partial charge in [0.05, 0.1) is 18.2 Å². The molecule has 0 aromatic heterocycles. The molecule has 0 aliphatic rings. The molecule has 0 unspecified atom stereocenters. The number of aromatic carboxylic acids is 1. The van der Waals surface area contributed by atoms with Crippen LogP contribution in [0.3, 0.4) is 0 Å². The number of carbonyl (C=O) groups excluding carboxylic acids is 5. The Labute approximate surface area is 337 Å². The van der Waals surface area contributed by atoms with Gasteiger partial charge in [0.2, 0.25) is 23.6 Å². The van der Waals surface area contributed by atoms with E-state index in [9.17, 15) is 58.5 Å². The Balaban J connectivity index is 2.29. The summed E-state index contributed by atoms with van der Waals surface area (Å²) in [7, 11) is 0. The summed E-state index contributed by atoms with van der Waals surface area (Å²) in [4.78, 5) is 106. The van der Waals surface area contributed by atoms with E-state index in [4.69, 9.17) is 15.6 Å². The van der Waals surface area contributed by atoms with Gasteiger partial charge in [-0.1, -0.05) is 38.5 Å². The highest BCUT2D eigenvalue weighted by Gasteiger charge is 2.26. The first kappa shape index (κ1) is 50.4. The Bertz CT molecular complexity index is 1490. The average molecular weight is 822 g/mol. The third-order valence-corrected chi connectivity index (χ3v) is 9.01. The van der Waals surface area contributed by atoms with Gasteiger partial charge in [-0.3, -0.25) is 19.2 Å². The molecule has 0 bridgehead atoms. The summed E-state index contributed by atoms with van der Waals surface area (Å²) in [5.41, 5.74) is 5.69. The van der Waals surface area contributed by atoms with Crippen LogP contribution in [0.15, 0.2) is 24.3 Å². The SMILES string of the molecule is N[C@H](C=O)CCCCNC(=O)CC[C@H](NC(=O)CC[C@H](NC(=O)CC[C@H](NC(=O)CCCCCCCCCCOc1ccc(C(=O)O)cc1)C(=O)O)C(=O)O)C(=O)O. The number of ether oxygens (including phenoxy) is 1. The number of aliphatic carboxylic acids is 3. The summed E-state index contributed by atoms with van der Waals surface area (Å²) in [6, 6.07) is 1.30. The van der Waals surface area contributed by atoms with Crippen molar-refractivity contribution in [1.82, 2.24) is 21.3 Å². The number of benzene rings is 1. The van der Waals surface area contributed by atoms with Crippen molar-refractivity contribution in [2.75, 3.05) is 13.2 Å². The van der Waals surface area contributed by atoms with E-state index >= 15 is 0 Å². The number of carboxylic acid groups (broad SMARTS) is 4. The summed E-state index contributed by atoms with van der Waals surface area (Å²) in [6.07, 6.45) is 7.32. The quantitative estimate of drug-likeness (QED) is 0.0355. The zero-order valence-corrected chi connectivity index (χ0v) is 32.8. The Morgan fingerprint density at radius 2 is 0.983 bits per heavy atom. The zero-order chi connectivity index (χ0) is 43.3. The zero-order valence-electron chi connectivity index (χ0n) is 32.8. The van der Waals surface area contributed by atoms with Crippen molar-refractivity contribution in [1.29, 1.82) is 0 Å². The van der Waals surface area contributed by atoms with Crippen LogP contribution in [0.4, 0.5) is 0 Å². The predicted octanol–water partition coefficient (Wildman–Crippen LogP) is 2.14. The summed E-state index contributed by atoms with van der Waals surface area (Å²) in [5.74, 6) is -7.20. The van der Waals surface area contributed by atoms with Crippen LogP contribution in [0.2, 0.25) is 0 Å². The molecule has 19 heteroatoms. The van der Waals surface area contributed by atoms with E-state index in [0.29, 0.717) is 50.9 Å². The van der Waals surface area contributed by atoms with Gasteiger partial charge in [-0.25, -0.2) is 19.2 Å². The monoisotopic (exact) mass is 821 g/mol. The smallest absolute Gasteiger partial charge is 0.335 e. The average Bonchev–Trinajstić information content (AvgIpc) is 3.18. The first-order valence-corrected chi connectivity index (χ1v) is 19.6. The molecule has 58 heavy (non-hydrogen) atoms. The molecule has 0 aliphatic carbocycles. The van der Waals surface area contributed by atoms with Crippen LogP contribution in [0.1, 0.15) is 126 Å². The molecule has 0 radical (unpaired) electrons. The molecule has 1 rings (SSSR count). The van der Waals surface area contributed by atoms with Gasteiger partial charge in [-0.2, -0.15) is 0 Å². The second-order valence-electron chi connectivity index (χ2n) is 13.9. The van der Waals surface area contributed by atoms with E-state index in [2.05, 4.69) is 21.3 Å². The van der Waals surface area contributed by atoms with Crippen LogP contribution in [0.5, 0.6) is 5.75 Å². The van der Waals surface area contributed by atoms with E-state index in [1.54, 1.807) is 12.1 Å². The molecule has 4 atom stereocenters. The molecule has 0 fully saturated rings. The minimum Gasteiger partial charge on any atom is -0.494 e. The highest BCUT2D eigenvalue weighted by atomic mass is 16.5. The van der Waals surface area contributed by atoms with Gasteiger partial charge < -0.3 is 57.0 Å². The Morgan fingerprint density at radius 3 is 1.43 bits per heavy atom. The molecular weight excluding hydrogens is 762 g/mol. The highest BCUT2D eigenvalue weighted by Crippen LogP contribution is 2.14. The van der Waals surface area contributed by atoms with Crippen LogP contribution in [-0.4, -0.2) is 112 Å². The fourth-order valence-electron chi connectivity index (χ4n) is 5.62. The molecule has 0 heterocycles. The van der Waals surface area contributed by atoms with Crippen LogP contribution < -0.4 is 31.7 Å². The number of rotatable bonds is 34. The van der Waals surface area contributed by atoms with Gasteiger partial charge >= 0.3 is 23.9 Å². The van der Waals surface area contributed by atoms with Crippen molar-refractivity contribution in [2.24, 2.45) is 5.73 Å². The summed E-state index contributed by atoms with van der Waals surface area (Å²) < 4.78 is 5.62. The molecule has 0 spiro atoms. The van der Waals surface area contributed by atoms with Gasteiger partial charge in [-0.05, 0) is 75.6 Å². The van der Waals surface area contributed by atoms with Crippen molar-refractivity contribution >= 4 is 53.8 Å². The third-order valence-electron chi connectivity index (χ3n) is 9.01. The fourth-order valence-corrected chi connectivity index (χ4v) is 5.62. The predicted molar refractivity (Wildman–Crippen MR) is 208 cm³/mol. The first-order chi connectivity index (χ1) is 27.6. The maximum atomic E-state index is 12.5. The van der Waals surface area contributed by atoms with Gasteiger partial charge in [-0.15, -0.1) is 0 Å². The number of nitrogens with two attached hydrogens (primary N) is 1. The molecule has 19 nitrogen and oxygen atoms in total. The van der Waals surface area contributed by atoms with Crippen molar-refractivity contribution < 1.29 is 68.3 Å². The summed E-state index contributed by atoms with van der Waals surface area (Å²) >= 11 is 0. The Kier molecular flexibility index (Phi) is 25.8. The summed E-state index contributed by atoms with van der Waals surface area (Å²) in [6.45, 7) is 0.824. The van der Waals surface area contributed by atoms with Crippen molar-refractivity contribution in [3.63, 3.8) is 0 Å². The molecule has 4 amide bonds. The van der Waals surface area contributed by atoms with Gasteiger partial charge in [0.25, 0.3) is 0 Å². The fraction of sp³-hybridized carbons (Fsp3) is 0.615. The standard InChI is InChI=1S/C39H59N5O14/c40-27(25-45)11-8-9-23-41-32(46)20-17-29(37(52)53)43-34(48)22-19-31(39(56)57)44-35(49)21-18-30(38(54)55)42-33(47)12-7-5-3-1-2-4-6-10-24-58-28-15-13-26(14-16-28)36(50)51/h13-16,25,27,29-31H,1-12,17-24,40H2,(H,41,46)(H,42,47)(H,43,48)(H,44,49)(H,50,51)(H,52,53)(H,54,55)(H,56,57)/t27-,29-,30-,31-/m0/s1. The van der Waals surface area contributed by atoms with Gasteiger partial charge in [0.1, 0.15) is 30.2 Å². The third kappa shape index (κ3) is 24.1. The lowest BCUT2D eigenvalue weighted by molar-refractivity contribution is -0.144. The van der Waals surface area contributed by atoms with Crippen LogP contribution in [0, 0.1) is 0 Å². The number of nitrogens with one attached hydrogen (secondary N) is 4. The van der Waals surface area contributed by atoms with Crippen molar-refractivity contribution in [3.05, 3.63) is 29.8 Å². The van der Waals surface area contributed by atoms with Crippen LogP contribution in [-0.2, 0) is 38.4 Å². The molecule has 10 N–H and O–H groups in total. The van der Waals surface area contributed by atoms with Gasteiger partial charge in [0.15, 0.2) is 0 Å². The number of carboxylic acids is 4. The molecule has 0 saturated heterocycles. The van der Waals surface area contributed by atoms with Gasteiger partial charge in [0, 0.05) is 32.2 Å². The first-order valence-electron chi connectivity index (χ1n) is 19.6. The lowest BCUT2D eigenvalue weighted by atomic mass is 10.1. The second-order valence-corrected chi connectivity index (χ2v) is 13.9. The Hall–Kier alpha value is -5.59. The summed E-state index contributed by atoms with van der Waals surface area (Å²) in [5, 5.41) is 47.0. The largest absolute Gasteiger partial charge is 0.494 e. The molecule has 1 aromatic rings. The van der Waals surface area contributed by atoms with E-state index in [1.165, 1.54) is 12.1 Å². The number of unbranched alkanes of at least 4 members (excludes halogenated alkanes) is 8. The van der Waals surface area contributed by atoms with Crippen molar-refractivity contribution in [3.8, 4) is 5.75 Å². The normalized spacial score (nSPS) is 12.8. The van der Waals surface area contributed by atoms with Crippen LogP contribution in [0.25, 0.3) is 0 Å². The molecular formula is C39H59N5O14. The van der Waals surface area contributed by atoms with Crippen LogP contribution >= 0.6 is 0 Å². The number of hydrogen-bond acceptors (Lipinski definition) is 11. The number of aldehydes is 1. The minimum absolute atomic E-state index is 0.0973. The topological polar surface area (TPSA) is 318 Å². The number of hydrogen-bond donors (Lipinski definition) is 9. The van der Waals surface area contributed by atoms with E-state index in [0.717, 1.165) is 44.9 Å². The highest BCUT2D eigenvalue weighted by molar-refractivity contribution is 5.88. The van der Waals surface area contributed by atoms with E-state index < -0.39 is 90.9 Å². The molecule has 0 saturated carbocycles. The number of amides is 4. The maximum absolute atomic E-state index is 12.5. The lowest BCUT2D eigenvalue weighted by Crippen LogP contribution is -2.45. The van der Waals surface area contributed by atoms with E-state index in [-0.39, 0.29) is 31.2 Å². The number of carbonyl (C=O) groups is 9. The molecule has 0 aliphatic heterocycles. The lowest BCUT2D eigenvalue weighted by Gasteiger charge is -2.18. The minimum atomic E-state index is -1.54. The van der Waals surface area contributed by atoms with Crippen molar-refractivity contribution in [2.45, 2.75) is 140 Å². The maximum Gasteiger partial charge on any atom is 0.335 e. The molecule has 1 aromatic carbocycles. The second kappa shape index (κ2) is 29.6. The Morgan fingerprint density at radius 1 is 0.552 bits per heavy atom. The van der Waals surface area contributed by atoms with E-state index in [1.807, 2.05) is 0 Å².